The van der Waals surface area contributed by atoms with Gasteiger partial charge in [-0.25, -0.2) is 0 Å². The average Bonchev–Trinajstić information content (AvgIpc) is 2.98. The Bertz CT molecular complexity index is 1500. The van der Waals surface area contributed by atoms with Crippen LogP contribution in [0.15, 0.2) is 96.7 Å². The van der Waals surface area contributed by atoms with Crippen LogP contribution >= 0.6 is 0 Å². The highest BCUT2D eigenvalue weighted by molar-refractivity contribution is 5.84. The van der Waals surface area contributed by atoms with Crippen molar-refractivity contribution >= 4 is 12.2 Å². The zero-order chi connectivity index (χ0) is 22.6. The van der Waals surface area contributed by atoms with Crippen molar-refractivity contribution < 1.29 is 0 Å². The SMILES string of the molecule is Cc1ccc2c(c1)C(C)(C)c1cc(-c3ccc(-c4ccc5c(c4)C=CC=C=C5)cc3)ccc1-2. The second kappa shape index (κ2) is 7.34. The Morgan fingerprint density at radius 1 is 0.606 bits per heavy atom. The molecule has 0 spiro atoms. The van der Waals surface area contributed by atoms with Gasteiger partial charge in [-0.15, -0.1) is 5.73 Å². The lowest BCUT2D eigenvalue weighted by atomic mass is 9.81. The lowest BCUT2D eigenvalue weighted by Crippen LogP contribution is -2.15. The summed E-state index contributed by atoms with van der Waals surface area (Å²) in [6.45, 7) is 6.88. The molecule has 0 fully saturated rings. The summed E-state index contributed by atoms with van der Waals surface area (Å²) >= 11 is 0. The van der Waals surface area contributed by atoms with Crippen LogP contribution in [0.3, 0.4) is 0 Å². The van der Waals surface area contributed by atoms with E-state index in [0.717, 1.165) is 0 Å². The lowest BCUT2D eigenvalue weighted by molar-refractivity contribution is 0.660. The highest BCUT2D eigenvalue weighted by Crippen LogP contribution is 2.49. The zero-order valence-electron chi connectivity index (χ0n) is 19.3. The van der Waals surface area contributed by atoms with Gasteiger partial charge in [0.1, 0.15) is 0 Å². The molecule has 0 atom stereocenters. The van der Waals surface area contributed by atoms with Gasteiger partial charge < -0.3 is 0 Å². The average molecular weight is 423 g/mol. The highest BCUT2D eigenvalue weighted by Gasteiger charge is 2.35. The predicted molar refractivity (Wildman–Crippen MR) is 141 cm³/mol. The third kappa shape index (κ3) is 3.23. The molecule has 0 heterocycles. The first-order chi connectivity index (χ1) is 16.0. The molecule has 0 bridgehead atoms. The fraction of sp³-hybridized carbons (Fsp3) is 0.121. The maximum Gasteiger partial charge on any atom is 0.0159 e. The topological polar surface area (TPSA) is 0 Å². The second-order valence-corrected chi connectivity index (χ2v) is 9.69. The number of hydrogen-bond acceptors (Lipinski definition) is 0. The van der Waals surface area contributed by atoms with Gasteiger partial charge in [0.2, 0.25) is 0 Å². The van der Waals surface area contributed by atoms with Crippen molar-refractivity contribution in [2.45, 2.75) is 26.2 Å². The summed E-state index contributed by atoms with van der Waals surface area (Å²) in [6, 6.07) is 29.4. The molecule has 6 rings (SSSR count). The molecule has 0 saturated heterocycles. The van der Waals surface area contributed by atoms with Gasteiger partial charge in [-0.1, -0.05) is 98.3 Å². The number of hydrogen-bond donors (Lipinski definition) is 0. The number of benzene rings is 4. The molecule has 0 aromatic heterocycles. The summed E-state index contributed by atoms with van der Waals surface area (Å²) in [5.74, 6) is 0. The fourth-order valence-corrected chi connectivity index (χ4v) is 5.26. The van der Waals surface area contributed by atoms with Crippen molar-refractivity contribution in [2.75, 3.05) is 0 Å². The summed E-state index contributed by atoms with van der Waals surface area (Å²) in [6.07, 6.45) is 8.18. The molecule has 0 nitrogen and oxygen atoms in total. The van der Waals surface area contributed by atoms with Crippen LogP contribution in [0.5, 0.6) is 0 Å². The quantitative estimate of drug-likeness (QED) is 0.283. The Labute approximate surface area is 196 Å². The van der Waals surface area contributed by atoms with Crippen LogP contribution in [0.25, 0.3) is 45.5 Å². The van der Waals surface area contributed by atoms with Gasteiger partial charge in [0.05, 0.1) is 0 Å². The van der Waals surface area contributed by atoms with E-state index in [1.165, 1.54) is 61.2 Å². The van der Waals surface area contributed by atoms with Gasteiger partial charge >= 0.3 is 0 Å². The van der Waals surface area contributed by atoms with E-state index in [4.69, 9.17) is 0 Å². The van der Waals surface area contributed by atoms with E-state index >= 15 is 0 Å². The normalized spacial score (nSPS) is 14.5. The molecule has 0 heteroatoms. The molecule has 4 aromatic carbocycles. The number of allylic oxidation sites excluding steroid dienone is 2. The van der Waals surface area contributed by atoms with Crippen molar-refractivity contribution in [3.63, 3.8) is 0 Å². The molecule has 2 aliphatic rings. The molecule has 158 valence electrons. The summed E-state index contributed by atoms with van der Waals surface area (Å²) in [4.78, 5) is 0. The van der Waals surface area contributed by atoms with E-state index in [1.54, 1.807) is 0 Å². The Morgan fingerprint density at radius 3 is 1.97 bits per heavy atom. The van der Waals surface area contributed by atoms with Crippen molar-refractivity contribution in [3.8, 4) is 33.4 Å². The Kier molecular flexibility index (Phi) is 4.40. The monoisotopic (exact) mass is 422 g/mol. The van der Waals surface area contributed by atoms with Crippen LogP contribution < -0.4 is 0 Å². The van der Waals surface area contributed by atoms with Crippen molar-refractivity contribution in [1.29, 1.82) is 0 Å². The first-order valence-corrected chi connectivity index (χ1v) is 11.6. The van der Waals surface area contributed by atoms with E-state index < -0.39 is 0 Å². The number of rotatable bonds is 2. The van der Waals surface area contributed by atoms with Crippen LogP contribution in [-0.4, -0.2) is 0 Å². The van der Waals surface area contributed by atoms with Gasteiger partial charge in [-0.3, -0.25) is 0 Å². The van der Waals surface area contributed by atoms with Crippen molar-refractivity contribution in [2.24, 2.45) is 0 Å². The van der Waals surface area contributed by atoms with Gasteiger partial charge in [0.25, 0.3) is 0 Å². The van der Waals surface area contributed by atoms with Crippen LogP contribution in [0.2, 0.25) is 0 Å². The van der Waals surface area contributed by atoms with Crippen LogP contribution in [0.1, 0.15) is 41.7 Å². The third-order valence-corrected chi connectivity index (χ3v) is 7.18. The Morgan fingerprint density at radius 2 is 1.21 bits per heavy atom. The van der Waals surface area contributed by atoms with Gasteiger partial charge in [-0.2, -0.15) is 0 Å². The van der Waals surface area contributed by atoms with Crippen molar-refractivity contribution in [3.05, 3.63) is 125 Å². The Balaban J connectivity index is 1.35. The first kappa shape index (κ1) is 19.8. The van der Waals surface area contributed by atoms with E-state index in [1.807, 2.05) is 18.2 Å². The van der Waals surface area contributed by atoms with Gasteiger partial charge in [0, 0.05) is 5.41 Å². The van der Waals surface area contributed by atoms with Gasteiger partial charge in [-0.05, 0) is 86.8 Å². The number of aryl methyl sites for hydroxylation is 1. The van der Waals surface area contributed by atoms with Crippen LogP contribution in [0.4, 0.5) is 0 Å². The zero-order valence-corrected chi connectivity index (χ0v) is 19.3. The standard InChI is InChI=1S/C33H26/c1-22-9-17-29-30-18-16-28(21-32(30)33(2,3)31(29)19-22)25-12-10-24(11-13-25)27-15-14-23-7-5-4-6-8-26(23)20-27/h4,6-21H,1-3H3. The molecule has 4 aromatic rings. The highest BCUT2D eigenvalue weighted by atomic mass is 14.4. The molecule has 0 aliphatic heterocycles. The van der Waals surface area contributed by atoms with Gasteiger partial charge in [0.15, 0.2) is 0 Å². The number of fused-ring (bicyclic) bond motifs is 4. The minimum Gasteiger partial charge on any atom is -0.120 e. The minimum atomic E-state index is 0.0192. The maximum atomic E-state index is 3.18. The summed E-state index contributed by atoms with van der Waals surface area (Å²) in [5.41, 5.74) is 17.6. The van der Waals surface area contributed by atoms with E-state index in [-0.39, 0.29) is 5.41 Å². The third-order valence-electron chi connectivity index (χ3n) is 7.18. The molecular formula is C33H26. The maximum absolute atomic E-state index is 3.18. The molecule has 0 radical (unpaired) electrons. The van der Waals surface area contributed by atoms with E-state index in [2.05, 4.69) is 111 Å². The largest absolute Gasteiger partial charge is 0.120 e. The molecule has 2 aliphatic carbocycles. The minimum absolute atomic E-state index is 0.0192. The lowest BCUT2D eigenvalue weighted by Gasteiger charge is -2.22. The molecule has 0 saturated carbocycles. The fourth-order valence-electron chi connectivity index (χ4n) is 5.26. The van der Waals surface area contributed by atoms with Crippen LogP contribution in [0, 0.1) is 6.92 Å². The smallest absolute Gasteiger partial charge is 0.0159 e. The molecule has 0 N–H and O–H groups in total. The Hall–Kier alpha value is -3.86. The predicted octanol–water partition coefficient (Wildman–Crippen LogP) is 8.83. The summed E-state index contributed by atoms with van der Waals surface area (Å²) in [7, 11) is 0. The van der Waals surface area contributed by atoms with Crippen molar-refractivity contribution in [1.82, 2.24) is 0 Å². The van der Waals surface area contributed by atoms with E-state index in [0.29, 0.717) is 0 Å². The van der Waals surface area contributed by atoms with Crippen LogP contribution in [-0.2, 0) is 5.41 Å². The molecule has 0 amide bonds. The molecular weight excluding hydrogens is 396 g/mol. The summed E-state index contributed by atoms with van der Waals surface area (Å²) < 4.78 is 0. The molecule has 0 unspecified atom stereocenters. The second-order valence-electron chi connectivity index (χ2n) is 9.69. The first-order valence-electron chi connectivity index (χ1n) is 11.6. The molecule has 33 heavy (non-hydrogen) atoms. The van der Waals surface area contributed by atoms with E-state index in [9.17, 15) is 0 Å². The summed E-state index contributed by atoms with van der Waals surface area (Å²) in [5, 5.41) is 0.